The van der Waals surface area contributed by atoms with Gasteiger partial charge in [-0.25, -0.2) is 4.39 Å². The summed E-state index contributed by atoms with van der Waals surface area (Å²) in [5.74, 6) is -0.313. The van der Waals surface area contributed by atoms with Crippen LogP contribution in [0.15, 0.2) is 30.4 Å². The first-order valence-electron chi connectivity index (χ1n) is 4.53. The van der Waals surface area contributed by atoms with Crippen LogP contribution in [0.2, 0.25) is 0 Å². The quantitative estimate of drug-likeness (QED) is 0.571. The fourth-order valence-electron chi connectivity index (χ4n) is 1.13. The van der Waals surface area contributed by atoms with Gasteiger partial charge in [0.05, 0.1) is 11.4 Å². The number of benzene rings is 1. The van der Waals surface area contributed by atoms with E-state index in [0.717, 1.165) is 12.0 Å². The molecular formula is C11H15FN2. The van der Waals surface area contributed by atoms with Crippen LogP contribution in [0.3, 0.4) is 0 Å². The largest absolute Gasteiger partial charge is 0.397 e. The van der Waals surface area contributed by atoms with Gasteiger partial charge in [-0.3, -0.25) is 0 Å². The van der Waals surface area contributed by atoms with Gasteiger partial charge in [0.25, 0.3) is 0 Å². The van der Waals surface area contributed by atoms with Crippen LogP contribution in [0, 0.1) is 5.82 Å². The smallest absolute Gasteiger partial charge is 0.148 e. The zero-order valence-corrected chi connectivity index (χ0v) is 8.31. The molecule has 1 aromatic rings. The lowest BCUT2D eigenvalue weighted by atomic mass is 10.2. The molecule has 0 fully saturated rings. The monoisotopic (exact) mass is 194 g/mol. The summed E-state index contributed by atoms with van der Waals surface area (Å²) in [6.45, 7) is 6.36. The molecule has 0 aliphatic rings. The molecule has 1 aromatic carbocycles. The summed E-state index contributed by atoms with van der Waals surface area (Å²) in [5, 5.41) is 2.95. The Morgan fingerprint density at radius 3 is 2.86 bits per heavy atom. The van der Waals surface area contributed by atoms with Crippen molar-refractivity contribution in [3.8, 4) is 0 Å². The van der Waals surface area contributed by atoms with Crippen molar-refractivity contribution in [1.29, 1.82) is 0 Å². The Labute approximate surface area is 83.6 Å². The molecule has 3 heteroatoms. The molecular weight excluding hydrogens is 179 g/mol. The summed E-state index contributed by atoms with van der Waals surface area (Å²) in [7, 11) is 0. The standard InChI is InChI=1S/C11H15FN2/c1-8(2)6-7-14-11-9(12)4-3-5-10(11)13/h3-5,14H,1,6-7,13H2,2H3. The summed E-state index contributed by atoms with van der Waals surface area (Å²) in [5.41, 5.74) is 7.50. The molecule has 0 aromatic heterocycles. The Hall–Kier alpha value is -1.51. The van der Waals surface area contributed by atoms with Gasteiger partial charge in [0.15, 0.2) is 0 Å². The van der Waals surface area contributed by atoms with E-state index < -0.39 is 0 Å². The predicted octanol–water partition coefficient (Wildman–Crippen LogP) is 2.79. The Bertz CT molecular complexity index is 314. The Morgan fingerprint density at radius 2 is 2.29 bits per heavy atom. The molecule has 0 amide bonds. The molecule has 2 nitrogen and oxygen atoms in total. The second-order valence-electron chi connectivity index (χ2n) is 3.34. The van der Waals surface area contributed by atoms with Crippen molar-refractivity contribution in [3.63, 3.8) is 0 Å². The fourth-order valence-corrected chi connectivity index (χ4v) is 1.13. The molecule has 0 aliphatic carbocycles. The van der Waals surface area contributed by atoms with Crippen molar-refractivity contribution < 1.29 is 4.39 Å². The topological polar surface area (TPSA) is 38.0 Å². The minimum Gasteiger partial charge on any atom is -0.397 e. The molecule has 0 aliphatic heterocycles. The highest BCUT2D eigenvalue weighted by Crippen LogP contribution is 2.21. The first-order chi connectivity index (χ1) is 6.61. The van der Waals surface area contributed by atoms with E-state index in [4.69, 9.17) is 5.73 Å². The van der Waals surface area contributed by atoms with Gasteiger partial charge in [-0.15, -0.1) is 6.58 Å². The maximum Gasteiger partial charge on any atom is 0.148 e. The zero-order chi connectivity index (χ0) is 10.6. The van der Waals surface area contributed by atoms with Gasteiger partial charge in [0.1, 0.15) is 5.82 Å². The van der Waals surface area contributed by atoms with Gasteiger partial charge >= 0.3 is 0 Å². The maximum absolute atomic E-state index is 13.2. The minimum absolute atomic E-state index is 0.313. The highest BCUT2D eigenvalue weighted by Gasteiger charge is 2.03. The molecule has 3 N–H and O–H groups in total. The van der Waals surface area contributed by atoms with Gasteiger partial charge in [0.2, 0.25) is 0 Å². The summed E-state index contributed by atoms with van der Waals surface area (Å²) in [6, 6.07) is 4.65. The first-order valence-corrected chi connectivity index (χ1v) is 4.53. The van der Waals surface area contributed by atoms with Crippen LogP contribution in [0.5, 0.6) is 0 Å². The van der Waals surface area contributed by atoms with Crippen LogP contribution < -0.4 is 11.1 Å². The number of halogens is 1. The normalized spacial score (nSPS) is 9.86. The number of nitrogens with two attached hydrogens (primary N) is 1. The van der Waals surface area contributed by atoms with Crippen molar-refractivity contribution in [2.24, 2.45) is 0 Å². The lowest BCUT2D eigenvalue weighted by Crippen LogP contribution is -2.06. The van der Waals surface area contributed by atoms with E-state index in [1.54, 1.807) is 12.1 Å². The lowest BCUT2D eigenvalue weighted by Gasteiger charge is -2.09. The summed E-state index contributed by atoms with van der Waals surface area (Å²) in [6.07, 6.45) is 0.813. The fraction of sp³-hybridized carbons (Fsp3) is 0.273. The van der Waals surface area contributed by atoms with E-state index in [9.17, 15) is 4.39 Å². The Kier molecular flexibility index (Phi) is 3.51. The highest BCUT2D eigenvalue weighted by atomic mass is 19.1. The van der Waals surface area contributed by atoms with Crippen LogP contribution in [-0.4, -0.2) is 6.54 Å². The SMILES string of the molecule is C=C(C)CCNc1c(N)cccc1F. The van der Waals surface area contributed by atoms with E-state index in [1.165, 1.54) is 6.07 Å². The summed E-state index contributed by atoms with van der Waals surface area (Å²) >= 11 is 0. The number of nitrogen functional groups attached to an aromatic ring is 1. The summed E-state index contributed by atoms with van der Waals surface area (Å²) in [4.78, 5) is 0. The van der Waals surface area contributed by atoms with Crippen molar-refractivity contribution in [2.45, 2.75) is 13.3 Å². The van der Waals surface area contributed by atoms with E-state index >= 15 is 0 Å². The van der Waals surface area contributed by atoms with Gasteiger partial charge in [-0.2, -0.15) is 0 Å². The van der Waals surface area contributed by atoms with Gasteiger partial charge < -0.3 is 11.1 Å². The number of nitrogens with one attached hydrogen (secondary N) is 1. The molecule has 0 atom stereocenters. The Balaban J connectivity index is 2.62. The van der Waals surface area contributed by atoms with Crippen LogP contribution in [0.1, 0.15) is 13.3 Å². The number of hydrogen-bond donors (Lipinski definition) is 2. The van der Waals surface area contributed by atoms with E-state index in [0.29, 0.717) is 17.9 Å². The van der Waals surface area contributed by atoms with E-state index in [2.05, 4.69) is 11.9 Å². The molecule has 0 radical (unpaired) electrons. The molecule has 14 heavy (non-hydrogen) atoms. The number of anilines is 2. The van der Waals surface area contributed by atoms with Gasteiger partial charge in [0, 0.05) is 6.54 Å². The third-order valence-corrected chi connectivity index (χ3v) is 1.90. The minimum atomic E-state index is -0.313. The van der Waals surface area contributed by atoms with Crippen LogP contribution in [-0.2, 0) is 0 Å². The second-order valence-corrected chi connectivity index (χ2v) is 3.34. The molecule has 0 saturated heterocycles. The van der Waals surface area contributed by atoms with Gasteiger partial charge in [-0.1, -0.05) is 11.6 Å². The molecule has 1 rings (SSSR count). The molecule has 0 unspecified atom stereocenters. The molecule has 0 heterocycles. The molecule has 0 spiro atoms. The first kappa shape index (κ1) is 10.6. The average Bonchev–Trinajstić information content (AvgIpc) is 2.09. The molecule has 0 bridgehead atoms. The number of hydrogen-bond acceptors (Lipinski definition) is 2. The summed E-state index contributed by atoms with van der Waals surface area (Å²) < 4.78 is 13.2. The van der Waals surface area contributed by atoms with Gasteiger partial charge in [-0.05, 0) is 25.5 Å². The molecule has 0 saturated carbocycles. The van der Waals surface area contributed by atoms with Crippen molar-refractivity contribution in [3.05, 3.63) is 36.2 Å². The highest BCUT2D eigenvalue weighted by molar-refractivity contribution is 5.66. The predicted molar refractivity (Wildman–Crippen MR) is 58.7 cm³/mol. The third-order valence-electron chi connectivity index (χ3n) is 1.90. The lowest BCUT2D eigenvalue weighted by molar-refractivity contribution is 0.630. The van der Waals surface area contributed by atoms with Crippen molar-refractivity contribution in [2.75, 3.05) is 17.6 Å². The number of rotatable bonds is 4. The number of para-hydroxylation sites is 1. The van der Waals surface area contributed by atoms with E-state index in [1.807, 2.05) is 6.92 Å². The third kappa shape index (κ3) is 2.76. The van der Waals surface area contributed by atoms with E-state index in [-0.39, 0.29) is 5.82 Å². The van der Waals surface area contributed by atoms with Crippen molar-refractivity contribution >= 4 is 11.4 Å². The molecule has 76 valence electrons. The van der Waals surface area contributed by atoms with Crippen molar-refractivity contribution in [1.82, 2.24) is 0 Å². The van der Waals surface area contributed by atoms with Crippen LogP contribution in [0.4, 0.5) is 15.8 Å². The van der Waals surface area contributed by atoms with Crippen LogP contribution >= 0.6 is 0 Å². The Morgan fingerprint density at radius 1 is 1.57 bits per heavy atom. The average molecular weight is 194 g/mol. The second kappa shape index (κ2) is 4.65. The van der Waals surface area contributed by atoms with Crippen LogP contribution in [0.25, 0.3) is 0 Å². The zero-order valence-electron chi connectivity index (χ0n) is 8.31. The maximum atomic E-state index is 13.2.